The van der Waals surface area contributed by atoms with Gasteiger partial charge >= 0.3 is 0 Å². The van der Waals surface area contributed by atoms with Crippen molar-refractivity contribution in [3.8, 4) is 6.07 Å². The second-order valence-electron chi connectivity index (χ2n) is 3.69. The third-order valence-electron chi connectivity index (χ3n) is 2.32. The van der Waals surface area contributed by atoms with Gasteiger partial charge in [-0.2, -0.15) is 5.26 Å². The number of rotatable bonds is 3. The average molecular weight is 240 g/mol. The lowest BCUT2D eigenvalue weighted by Gasteiger charge is -2.06. The second-order valence-corrected chi connectivity index (χ2v) is 3.69. The number of anilines is 2. The molecule has 0 aromatic carbocycles. The van der Waals surface area contributed by atoms with Crippen molar-refractivity contribution in [3.05, 3.63) is 41.6 Å². The van der Waals surface area contributed by atoms with E-state index in [-0.39, 0.29) is 5.69 Å². The molecule has 2 rings (SSSR count). The Bertz CT molecular complexity index is 602. The van der Waals surface area contributed by atoms with Gasteiger partial charge in [0.15, 0.2) is 5.69 Å². The molecule has 0 aliphatic heterocycles. The Kier molecular flexibility index (Phi) is 3.34. The van der Waals surface area contributed by atoms with E-state index in [4.69, 9.17) is 11.0 Å². The van der Waals surface area contributed by atoms with Crippen LogP contribution in [0.5, 0.6) is 0 Å². The normalized spacial score (nSPS) is 9.78. The lowest BCUT2D eigenvalue weighted by atomic mass is 10.3. The highest BCUT2D eigenvalue weighted by Gasteiger charge is 2.02. The summed E-state index contributed by atoms with van der Waals surface area (Å²) in [5.74, 6) is 1.31. The standard InChI is InChI=1S/C12H12N6/c1-8-15-5-4-9(17-8)7-16-12-3-2-10(14)11(6-13)18-12/h2-5H,7,14H2,1H3,(H,16,18). The number of pyridine rings is 1. The molecule has 0 fully saturated rings. The second kappa shape index (κ2) is 5.10. The van der Waals surface area contributed by atoms with Crippen molar-refractivity contribution in [2.75, 3.05) is 11.1 Å². The smallest absolute Gasteiger partial charge is 0.165 e. The predicted molar refractivity (Wildman–Crippen MR) is 67.5 cm³/mol. The SMILES string of the molecule is Cc1nccc(CNc2ccc(N)c(C#N)n2)n1. The third-order valence-corrected chi connectivity index (χ3v) is 2.32. The predicted octanol–water partition coefficient (Wildman–Crippen LogP) is 1.25. The van der Waals surface area contributed by atoms with Gasteiger partial charge in [-0.15, -0.1) is 0 Å². The molecule has 0 atom stereocenters. The fraction of sp³-hybridized carbons (Fsp3) is 0.167. The largest absolute Gasteiger partial charge is 0.396 e. The van der Waals surface area contributed by atoms with Crippen LogP contribution in [-0.2, 0) is 6.54 Å². The highest BCUT2D eigenvalue weighted by Crippen LogP contribution is 2.12. The van der Waals surface area contributed by atoms with Crippen molar-refractivity contribution in [2.24, 2.45) is 0 Å². The summed E-state index contributed by atoms with van der Waals surface area (Å²) < 4.78 is 0. The van der Waals surface area contributed by atoms with Crippen molar-refractivity contribution >= 4 is 11.5 Å². The van der Waals surface area contributed by atoms with Crippen LogP contribution in [0.1, 0.15) is 17.2 Å². The molecule has 90 valence electrons. The van der Waals surface area contributed by atoms with Crippen LogP contribution in [-0.4, -0.2) is 15.0 Å². The van der Waals surface area contributed by atoms with Gasteiger partial charge in [-0.1, -0.05) is 0 Å². The van der Waals surface area contributed by atoms with Gasteiger partial charge in [-0.25, -0.2) is 15.0 Å². The number of nitrogens with zero attached hydrogens (tertiary/aromatic N) is 4. The number of nitrogens with one attached hydrogen (secondary N) is 1. The first-order chi connectivity index (χ1) is 8.69. The minimum atomic E-state index is 0.221. The zero-order valence-electron chi connectivity index (χ0n) is 9.88. The molecule has 0 aliphatic rings. The van der Waals surface area contributed by atoms with Crippen molar-refractivity contribution in [1.29, 1.82) is 5.26 Å². The fourth-order valence-corrected chi connectivity index (χ4v) is 1.44. The van der Waals surface area contributed by atoms with E-state index in [0.717, 1.165) is 11.5 Å². The summed E-state index contributed by atoms with van der Waals surface area (Å²) in [5, 5.41) is 11.9. The monoisotopic (exact) mass is 240 g/mol. The lowest BCUT2D eigenvalue weighted by molar-refractivity contribution is 0.949. The number of nitrogens with two attached hydrogens (primary N) is 1. The molecule has 6 heteroatoms. The number of hydrogen-bond acceptors (Lipinski definition) is 6. The zero-order chi connectivity index (χ0) is 13.0. The Morgan fingerprint density at radius 1 is 1.33 bits per heavy atom. The first-order valence-corrected chi connectivity index (χ1v) is 5.38. The van der Waals surface area contributed by atoms with E-state index in [1.807, 2.05) is 19.1 Å². The molecule has 2 aromatic heterocycles. The quantitative estimate of drug-likeness (QED) is 0.837. The maximum Gasteiger partial charge on any atom is 0.165 e. The van der Waals surface area contributed by atoms with Crippen LogP contribution in [0, 0.1) is 18.3 Å². The van der Waals surface area contributed by atoms with Crippen molar-refractivity contribution in [2.45, 2.75) is 13.5 Å². The number of nitrogen functional groups attached to an aromatic ring is 1. The Morgan fingerprint density at radius 2 is 2.17 bits per heavy atom. The van der Waals surface area contributed by atoms with Gasteiger partial charge in [0.25, 0.3) is 0 Å². The Labute approximate surface area is 105 Å². The summed E-state index contributed by atoms with van der Waals surface area (Å²) in [6.45, 7) is 2.35. The molecule has 0 saturated carbocycles. The molecule has 6 nitrogen and oxygen atoms in total. The van der Waals surface area contributed by atoms with E-state index in [9.17, 15) is 0 Å². The summed E-state index contributed by atoms with van der Waals surface area (Å²) in [7, 11) is 0. The number of nitriles is 1. The van der Waals surface area contributed by atoms with Crippen molar-refractivity contribution in [3.63, 3.8) is 0 Å². The number of hydrogen-bond donors (Lipinski definition) is 2. The van der Waals surface area contributed by atoms with Crippen LogP contribution >= 0.6 is 0 Å². The Hall–Kier alpha value is -2.68. The van der Waals surface area contributed by atoms with Gasteiger partial charge in [-0.3, -0.25) is 0 Å². The first kappa shape index (κ1) is 11.8. The highest BCUT2D eigenvalue weighted by molar-refractivity contribution is 5.54. The van der Waals surface area contributed by atoms with E-state index in [1.54, 1.807) is 18.3 Å². The van der Waals surface area contributed by atoms with Crippen LogP contribution in [0.25, 0.3) is 0 Å². The average Bonchev–Trinajstić information content (AvgIpc) is 2.38. The summed E-state index contributed by atoms with van der Waals surface area (Å²) in [6.07, 6.45) is 1.70. The summed E-state index contributed by atoms with van der Waals surface area (Å²) >= 11 is 0. The summed E-state index contributed by atoms with van der Waals surface area (Å²) in [5.41, 5.74) is 7.05. The van der Waals surface area contributed by atoms with E-state index in [1.165, 1.54) is 0 Å². The van der Waals surface area contributed by atoms with Crippen LogP contribution in [0.2, 0.25) is 0 Å². The van der Waals surface area contributed by atoms with Crippen LogP contribution in [0.4, 0.5) is 11.5 Å². The number of aromatic nitrogens is 3. The molecule has 0 bridgehead atoms. The maximum atomic E-state index is 8.82. The summed E-state index contributed by atoms with van der Waals surface area (Å²) in [6, 6.07) is 7.14. The topological polar surface area (TPSA) is 101 Å². The van der Waals surface area contributed by atoms with Crippen LogP contribution in [0.15, 0.2) is 24.4 Å². The van der Waals surface area contributed by atoms with Gasteiger partial charge in [0.05, 0.1) is 17.9 Å². The molecule has 0 radical (unpaired) electrons. The minimum Gasteiger partial charge on any atom is -0.396 e. The maximum absolute atomic E-state index is 8.82. The molecular weight excluding hydrogens is 228 g/mol. The zero-order valence-corrected chi connectivity index (χ0v) is 9.88. The molecule has 0 saturated heterocycles. The molecule has 0 unspecified atom stereocenters. The molecule has 0 amide bonds. The fourth-order valence-electron chi connectivity index (χ4n) is 1.44. The molecule has 3 N–H and O–H groups in total. The molecule has 2 heterocycles. The van der Waals surface area contributed by atoms with E-state index in [2.05, 4.69) is 20.3 Å². The van der Waals surface area contributed by atoms with Crippen molar-refractivity contribution in [1.82, 2.24) is 15.0 Å². The van der Waals surface area contributed by atoms with Crippen LogP contribution in [0.3, 0.4) is 0 Å². The number of aryl methyl sites for hydroxylation is 1. The third kappa shape index (κ3) is 2.71. The van der Waals surface area contributed by atoms with Crippen molar-refractivity contribution < 1.29 is 0 Å². The molecule has 0 aliphatic carbocycles. The van der Waals surface area contributed by atoms with E-state index in [0.29, 0.717) is 18.1 Å². The molecule has 0 spiro atoms. The summed E-state index contributed by atoms with van der Waals surface area (Å²) in [4.78, 5) is 12.4. The van der Waals surface area contributed by atoms with E-state index >= 15 is 0 Å². The van der Waals surface area contributed by atoms with E-state index < -0.39 is 0 Å². The Morgan fingerprint density at radius 3 is 2.89 bits per heavy atom. The lowest BCUT2D eigenvalue weighted by Crippen LogP contribution is -2.06. The van der Waals surface area contributed by atoms with Gasteiger partial charge < -0.3 is 11.1 Å². The molecular formula is C12H12N6. The van der Waals surface area contributed by atoms with Gasteiger partial charge in [-0.05, 0) is 25.1 Å². The van der Waals surface area contributed by atoms with Gasteiger partial charge in [0.2, 0.25) is 0 Å². The minimum absolute atomic E-state index is 0.221. The van der Waals surface area contributed by atoms with Gasteiger partial charge in [0, 0.05) is 6.20 Å². The molecule has 18 heavy (non-hydrogen) atoms. The first-order valence-electron chi connectivity index (χ1n) is 5.38. The molecule has 2 aromatic rings. The van der Waals surface area contributed by atoms with Gasteiger partial charge in [0.1, 0.15) is 17.7 Å². The van der Waals surface area contributed by atoms with Crippen LogP contribution < -0.4 is 11.1 Å². The Balaban J connectivity index is 2.09. The highest BCUT2D eigenvalue weighted by atomic mass is 15.0.